The van der Waals surface area contributed by atoms with Crippen molar-refractivity contribution in [2.75, 3.05) is 62.7 Å². The van der Waals surface area contributed by atoms with E-state index >= 15 is 0 Å². The van der Waals surface area contributed by atoms with E-state index in [1.807, 2.05) is 18.2 Å². The first-order valence-electron chi connectivity index (χ1n) is 9.36. The van der Waals surface area contributed by atoms with Crippen LogP contribution in [-0.4, -0.2) is 83.1 Å². The third kappa shape index (κ3) is 6.93. The van der Waals surface area contributed by atoms with Crippen molar-refractivity contribution in [3.05, 3.63) is 29.3 Å². The van der Waals surface area contributed by atoms with E-state index in [0.29, 0.717) is 19.1 Å². The molecule has 1 aromatic rings. The lowest BCUT2D eigenvalue weighted by Crippen LogP contribution is -2.48. The molecule has 0 spiro atoms. The lowest BCUT2D eigenvalue weighted by Gasteiger charge is -2.27. The molecule has 1 aromatic carbocycles. The van der Waals surface area contributed by atoms with E-state index in [1.54, 1.807) is 7.05 Å². The predicted octanol–water partition coefficient (Wildman–Crippen LogP) is 1.43. The van der Waals surface area contributed by atoms with Crippen LogP contribution < -0.4 is 15.5 Å². The third-order valence-corrected chi connectivity index (χ3v) is 6.93. The Morgan fingerprint density at radius 2 is 2.04 bits per heavy atom. The number of anilines is 1. The average molecular weight is 542 g/mol. The van der Waals surface area contributed by atoms with Crippen LogP contribution in [0.1, 0.15) is 6.42 Å². The molecule has 0 radical (unpaired) electrons. The molecule has 7 nitrogen and oxygen atoms in total. The van der Waals surface area contributed by atoms with E-state index < -0.39 is 9.84 Å². The topological polar surface area (TPSA) is 77.0 Å². The first-order valence-corrected chi connectivity index (χ1v) is 11.6. The van der Waals surface area contributed by atoms with E-state index in [4.69, 9.17) is 11.6 Å². The van der Waals surface area contributed by atoms with Gasteiger partial charge in [-0.2, -0.15) is 0 Å². The maximum absolute atomic E-state index is 11.5. The smallest absolute Gasteiger partial charge is 0.191 e. The van der Waals surface area contributed by atoms with Gasteiger partial charge in [0, 0.05) is 63.1 Å². The molecule has 0 amide bonds. The van der Waals surface area contributed by atoms with Crippen LogP contribution in [0.25, 0.3) is 0 Å². The van der Waals surface area contributed by atoms with Crippen LogP contribution in [-0.2, 0) is 9.84 Å². The van der Waals surface area contributed by atoms with Crippen LogP contribution in [0.2, 0.25) is 5.02 Å². The van der Waals surface area contributed by atoms with Crippen LogP contribution in [0.5, 0.6) is 0 Å². The van der Waals surface area contributed by atoms with Crippen molar-refractivity contribution >= 4 is 57.1 Å². The Morgan fingerprint density at radius 3 is 2.71 bits per heavy atom. The second-order valence-electron chi connectivity index (χ2n) is 7.05. The number of benzene rings is 1. The normalized spacial score (nSPS) is 22.6. The van der Waals surface area contributed by atoms with Gasteiger partial charge >= 0.3 is 0 Å². The Balaban J connectivity index is 0.00000280. The van der Waals surface area contributed by atoms with Crippen molar-refractivity contribution in [2.24, 2.45) is 4.99 Å². The fraction of sp³-hybridized carbons (Fsp3) is 0.611. The Morgan fingerprint density at radius 1 is 1.29 bits per heavy atom. The van der Waals surface area contributed by atoms with E-state index in [1.165, 1.54) is 0 Å². The van der Waals surface area contributed by atoms with Gasteiger partial charge in [0.1, 0.15) is 0 Å². The number of rotatable bonds is 5. The number of nitrogens with one attached hydrogen (secondary N) is 2. The minimum Gasteiger partial charge on any atom is -0.369 e. The summed E-state index contributed by atoms with van der Waals surface area (Å²) in [5, 5.41) is 7.57. The maximum atomic E-state index is 11.5. The minimum atomic E-state index is -2.82. The van der Waals surface area contributed by atoms with Crippen molar-refractivity contribution in [2.45, 2.75) is 12.5 Å². The predicted molar refractivity (Wildman–Crippen MR) is 127 cm³/mol. The molecule has 2 saturated heterocycles. The zero-order chi connectivity index (χ0) is 19.3. The first-order chi connectivity index (χ1) is 12.9. The largest absolute Gasteiger partial charge is 0.369 e. The number of hydrogen-bond donors (Lipinski definition) is 2. The summed E-state index contributed by atoms with van der Waals surface area (Å²) in [5.41, 5.74) is 1.15. The summed E-state index contributed by atoms with van der Waals surface area (Å²) < 4.78 is 23.0. The monoisotopic (exact) mass is 541 g/mol. The van der Waals surface area contributed by atoms with Gasteiger partial charge < -0.3 is 15.5 Å². The van der Waals surface area contributed by atoms with Gasteiger partial charge in [0.05, 0.1) is 11.5 Å². The highest BCUT2D eigenvalue weighted by molar-refractivity contribution is 14.0. The Hall–Kier alpha value is -0.780. The lowest BCUT2D eigenvalue weighted by atomic mass is 10.3. The molecule has 10 heteroatoms. The van der Waals surface area contributed by atoms with Gasteiger partial charge in [-0.25, -0.2) is 8.42 Å². The van der Waals surface area contributed by atoms with Gasteiger partial charge in [0.25, 0.3) is 0 Å². The number of guanidine groups is 1. The van der Waals surface area contributed by atoms with Crippen molar-refractivity contribution in [1.29, 1.82) is 0 Å². The molecule has 158 valence electrons. The Labute approximate surface area is 189 Å². The molecule has 2 aliphatic heterocycles. The first kappa shape index (κ1) is 23.5. The highest BCUT2D eigenvalue weighted by Crippen LogP contribution is 2.23. The van der Waals surface area contributed by atoms with Crippen LogP contribution in [0, 0.1) is 0 Å². The molecule has 0 bridgehead atoms. The summed E-state index contributed by atoms with van der Waals surface area (Å²) in [5.74, 6) is 1.32. The minimum absolute atomic E-state index is 0. The van der Waals surface area contributed by atoms with E-state index in [-0.39, 0.29) is 35.5 Å². The molecular formula is C18H29ClIN5O2S. The van der Waals surface area contributed by atoms with E-state index in [0.717, 1.165) is 49.3 Å². The zero-order valence-electron chi connectivity index (χ0n) is 16.1. The average Bonchev–Trinajstić information content (AvgIpc) is 3.11. The summed E-state index contributed by atoms with van der Waals surface area (Å²) in [4.78, 5) is 8.81. The van der Waals surface area contributed by atoms with E-state index in [9.17, 15) is 8.42 Å². The highest BCUT2D eigenvalue weighted by Gasteiger charge is 2.24. The maximum Gasteiger partial charge on any atom is 0.191 e. The summed E-state index contributed by atoms with van der Waals surface area (Å²) in [6.07, 6.45) is 1.04. The zero-order valence-corrected chi connectivity index (χ0v) is 20.0. The molecule has 2 fully saturated rings. The van der Waals surface area contributed by atoms with Gasteiger partial charge in [-0.1, -0.05) is 17.7 Å². The summed E-state index contributed by atoms with van der Waals surface area (Å²) in [7, 11) is -1.05. The SMILES string of the molecule is CN=C(NCCN1CCS(=O)(=O)CC1)NC1CCN(c2cccc(Cl)c2)C1.I. The van der Waals surface area contributed by atoms with Crippen molar-refractivity contribution < 1.29 is 8.42 Å². The van der Waals surface area contributed by atoms with Crippen LogP contribution >= 0.6 is 35.6 Å². The lowest BCUT2D eigenvalue weighted by molar-refractivity contribution is 0.299. The van der Waals surface area contributed by atoms with Crippen LogP contribution in [0.3, 0.4) is 0 Å². The van der Waals surface area contributed by atoms with Crippen molar-refractivity contribution in [3.63, 3.8) is 0 Å². The van der Waals surface area contributed by atoms with Crippen molar-refractivity contribution in [3.8, 4) is 0 Å². The molecule has 1 unspecified atom stereocenters. The Bertz CT molecular complexity index is 763. The van der Waals surface area contributed by atoms with Gasteiger partial charge in [0.15, 0.2) is 15.8 Å². The van der Waals surface area contributed by atoms with Crippen molar-refractivity contribution in [1.82, 2.24) is 15.5 Å². The van der Waals surface area contributed by atoms with Crippen LogP contribution in [0.4, 0.5) is 5.69 Å². The second-order valence-corrected chi connectivity index (χ2v) is 9.79. The van der Waals surface area contributed by atoms with Crippen LogP contribution in [0.15, 0.2) is 29.3 Å². The fourth-order valence-corrected chi connectivity index (χ4v) is 4.94. The van der Waals surface area contributed by atoms with Gasteiger partial charge in [0.2, 0.25) is 0 Å². The molecule has 1 atom stereocenters. The number of sulfone groups is 1. The summed E-state index contributed by atoms with van der Waals surface area (Å²) in [6, 6.07) is 8.27. The molecule has 3 rings (SSSR count). The molecule has 2 aliphatic rings. The number of nitrogens with zero attached hydrogens (tertiary/aromatic N) is 3. The quantitative estimate of drug-likeness (QED) is 0.334. The molecule has 0 aliphatic carbocycles. The van der Waals surface area contributed by atoms with Gasteiger partial charge in [-0.3, -0.25) is 9.89 Å². The van der Waals surface area contributed by atoms with E-state index in [2.05, 4.69) is 31.5 Å². The molecule has 2 heterocycles. The number of aliphatic imine (C=N–C) groups is 1. The Kier molecular flexibility index (Phi) is 9.10. The molecule has 0 aromatic heterocycles. The summed E-state index contributed by atoms with van der Waals surface area (Å²) >= 11 is 6.09. The number of hydrogen-bond acceptors (Lipinski definition) is 5. The standard InChI is InChI=1S/C18H28ClN5O2S.HI/c1-20-18(21-6-8-23-9-11-27(25,26)12-10-23)22-16-5-7-24(14-16)17-4-2-3-15(19)13-17;/h2-4,13,16H,5-12,14H2,1H3,(H2,20,21,22);1H. The fourth-order valence-electron chi connectivity index (χ4n) is 3.48. The summed E-state index contributed by atoms with van der Waals surface area (Å²) in [6.45, 7) is 4.68. The third-order valence-electron chi connectivity index (χ3n) is 5.08. The second kappa shape index (κ2) is 10.8. The number of halogens is 2. The molecule has 0 saturated carbocycles. The highest BCUT2D eigenvalue weighted by atomic mass is 127. The van der Waals surface area contributed by atoms with Gasteiger partial charge in [-0.15, -0.1) is 24.0 Å². The van der Waals surface area contributed by atoms with Gasteiger partial charge in [-0.05, 0) is 24.6 Å². The molecule has 28 heavy (non-hydrogen) atoms. The molecular weight excluding hydrogens is 513 g/mol. The molecule has 2 N–H and O–H groups in total.